The van der Waals surface area contributed by atoms with Crippen molar-refractivity contribution < 1.29 is 17.9 Å². The lowest BCUT2D eigenvalue weighted by atomic mass is 9.97. The molecule has 0 saturated carbocycles. The number of aromatic amines is 1. The van der Waals surface area contributed by atoms with Gasteiger partial charge in [0.1, 0.15) is 0 Å². The van der Waals surface area contributed by atoms with Crippen LogP contribution >= 0.6 is 23.2 Å². The molecular weight excluding hydrogens is 511 g/mol. The number of aromatic nitrogens is 1. The van der Waals surface area contributed by atoms with E-state index in [9.17, 15) is 13.2 Å². The number of halogens is 2. The highest BCUT2D eigenvalue weighted by atomic mass is 35.5. The van der Waals surface area contributed by atoms with Crippen LogP contribution in [0.5, 0.6) is 0 Å². The lowest BCUT2D eigenvalue weighted by Crippen LogP contribution is -2.51. The number of likely N-dealkylation sites (tertiary alicyclic amines) is 1. The Balaban J connectivity index is 1.55. The molecule has 1 amide bonds. The zero-order chi connectivity index (χ0) is 25.2. The molecule has 1 atom stereocenters. The molecule has 3 heterocycles. The number of hydrogen-bond acceptors (Lipinski definition) is 4. The third-order valence-electron chi connectivity index (χ3n) is 6.73. The summed E-state index contributed by atoms with van der Waals surface area (Å²) in [7, 11) is -2.16. The van der Waals surface area contributed by atoms with Gasteiger partial charge in [0.2, 0.25) is 5.91 Å². The maximum absolute atomic E-state index is 13.7. The van der Waals surface area contributed by atoms with E-state index in [1.165, 1.54) is 8.61 Å². The average Bonchev–Trinajstić information content (AvgIpc) is 3.22. The second-order valence-electron chi connectivity index (χ2n) is 9.17. The first-order chi connectivity index (χ1) is 16.8. The van der Waals surface area contributed by atoms with Gasteiger partial charge in [-0.15, -0.1) is 6.58 Å². The van der Waals surface area contributed by atoms with E-state index in [0.717, 1.165) is 37.8 Å². The van der Waals surface area contributed by atoms with Gasteiger partial charge in [-0.3, -0.25) is 9.10 Å². The highest BCUT2D eigenvalue weighted by Crippen LogP contribution is 2.43. The molecule has 0 spiro atoms. The lowest BCUT2D eigenvalue weighted by Gasteiger charge is -2.40. The number of amides is 1. The van der Waals surface area contributed by atoms with Crippen molar-refractivity contribution in [2.24, 2.45) is 5.92 Å². The summed E-state index contributed by atoms with van der Waals surface area (Å²) in [4.78, 5) is 17.7. The normalized spacial score (nSPS) is 20.3. The zero-order valence-electron chi connectivity index (χ0n) is 19.9. The summed E-state index contributed by atoms with van der Waals surface area (Å²) in [6, 6.07) is 1.80. The maximum atomic E-state index is 13.7. The number of nitrogens with one attached hydrogen (secondary N) is 1. The summed E-state index contributed by atoms with van der Waals surface area (Å²) in [5.74, 6) is 0.191. The standard InChI is InChI=1S/C24H32Cl2N4O4S/c1-3-9-30-24-18(12-19(25)22-20(26)13-27-23(22)24)16-29(35(30,32)33)15-17-7-6-10-28(14-17)21(31)8-4-5-11-34-2/h3,12-13,17,27H,1,4-11,14-16H2,2H3. The number of H-pyrrole nitrogens is 1. The number of anilines is 1. The van der Waals surface area contributed by atoms with Crippen molar-refractivity contribution in [3.8, 4) is 0 Å². The Morgan fingerprint density at radius 1 is 1.31 bits per heavy atom. The van der Waals surface area contributed by atoms with Gasteiger partial charge in [-0.05, 0) is 43.2 Å². The highest BCUT2D eigenvalue weighted by Gasteiger charge is 2.40. The number of methoxy groups -OCH3 is 1. The van der Waals surface area contributed by atoms with E-state index in [2.05, 4.69) is 11.6 Å². The quantitative estimate of drug-likeness (QED) is 0.371. The SMILES string of the molecule is C=CCN1c2c(cc(Cl)c3c(Cl)c[nH]c23)CN(CC2CCCN(C(=O)CCCCOC)C2)S1(=O)=O. The van der Waals surface area contributed by atoms with E-state index in [-0.39, 0.29) is 24.9 Å². The van der Waals surface area contributed by atoms with Gasteiger partial charge in [0.05, 0.1) is 27.8 Å². The number of benzene rings is 1. The summed E-state index contributed by atoms with van der Waals surface area (Å²) in [6.45, 7) is 6.36. The van der Waals surface area contributed by atoms with Crippen LogP contribution in [0.15, 0.2) is 24.9 Å². The first-order valence-corrected chi connectivity index (χ1v) is 14.1. The summed E-state index contributed by atoms with van der Waals surface area (Å²) in [5.41, 5.74) is 1.97. The first kappa shape index (κ1) is 26.3. The van der Waals surface area contributed by atoms with Crippen LogP contribution in [-0.2, 0) is 26.3 Å². The number of carbonyl (C=O) groups excluding carboxylic acids is 1. The van der Waals surface area contributed by atoms with Gasteiger partial charge in [-0.2, -0.15) is 12.7 Å². The number of rotatable bonds is 9. The van der Waals surface area contributed by atoms with Gasteiger partial charge in [0.15, 0.2) is 0 Å². The van der Waals surface area contributed by atoms with E-state index < -0.39 is 10.2 Å². The van der Waals surface area contributed by atoms with Crippen LogP contribution in [0.25, 0.3) is 10.9 Å². The summed E-state index contributed by atoms with van der Waals surface area (Å²) in [6.07, 6.45) is 7.06. The fourth-order valence-electron chi connectivity index (χ4n) is 5.08. The van der Waals surface area contributed by atoms with E-state index in [0.29, 0.717) is 52.8 Å². The third kappa shape index (κ3) is 5.34. The van der Waals surface area contributed by atoms with Gasteiger partial charge >= 0.3 is 10.2 Å². The van der Waals surface area contributed by atoms with E-state index >= 15 is 0 Å². The molecule has 0 bridgehead atoms. The van der Waals surface area contributed by atoms with Gasteiger partial charge in [0.25, 0.3) is 0 Å². The molecule has 2 aliphatic rings. The minimum Gasteiger partial charge on any atom is -0.385 e. The molecule has 1 aromatic heterocycles. The molecule has 0 radical (unpaired) electrons. The molecule has 35 heavy (non-hydrogen) atoms. The molecule has 0 aliphatic carbocycles. The fraction of sp³-hybridized carbons (Fsp3) is 0.542. The molecule has 1 fully saturated rings. The molecule has 192 valence electrons. The Labute approximate surface area is 217 Å². The number of unbranched alkanes of at least 4 members (excludes halogenated alkanes) is 1. The highest BCUT2D eigenvalue weighted by molar-refractivity contribution is 7.90. The molecular formula is C24H32Cl2N4O4S. The number of nitrogens with zero attached hydrogens (tertiary/aromatic N) is 3. The van der Waals surface area contributed by atoms with Crippen molar-refractivity contribution in [1.29, 1.82) is 0 Å². The zero-order valence-corrected chi connectivity index (χ0v) is 22.3. The second-order valence-corrected chi connectivity index (χ2v) is 11.8. The largest absolute Gasteiger partial charge is 0.385 e. The average molecular weight is 544 g/mol. The van der Waals surface area contributed by atoms with Crippen LogP contribution in [-0.4, -0.2) is 68.4 Å². The molecule has 4 rings (SSSR count). The minimum absolute atomic E-state index is 0.0627. The van der Waals surface area contributed by atoms with Gasteiger partial charge in [-0.25, -0.2) is 0 Å². The van der Waals surface area contributed by atoms with Crippen molar-refractivity contribution in [2.75, 3.05) is 44.2 Å². The van der Waals surface area contributed by atoms with Gasteiger partial charge < -0.3 is 14.6 Å². The number of piperidine rings is 1. The van der Waals surface area contributed by atoms with Gasteiger partial charge in [0, 0.05) is 57.9 Å². The molecule has 8 nitrogen and oxygen atoms in total. The Morgan fingerprint density at radius 2 is 2.11 bits per heavy atom. The van der Waals surface area contributed by atoms with Crippen molar-refractivity contribution in [3.63, 3.8) is 0 Å². The van der Waals surface area contributed by atoms with E-state index in [4.69, 9.17) is 27.9 Å². The van der Waals surface area contributed by atoms with Crippen LogP contribution in [0, 0.1) is 5.92 Å². The smallest absolute Gasteiger partial charge is 0.304 e. The molecule has 1 aromatic carbocycles. The van der Waals surface area contributed by atoms with Gasteiger partial charge in [-0.1, -0.05) is 29.3 Å². The van der Waals surface area contributed by atoms with Crippen LogP contribution < -0.4 is 4.31 Å². The number of hydrogen-bond donors (Lipinski definition) is 1. The molecule has 2 aliphatic heterocycles. The topological polar surface area (TPSA) is 85.9 Å². The molecule has 1 saturated heterocycles. The number of carbonyl (C=O) groups is 1. The van der Waals surface area contributed by atoms with Crippen molar-refractivity contribution in [2.45, 2.75) is 38.6 Å². The molecule has 2 aromatic rings. The molecule has 1 N–H and O–H groups in total. The van der Waals surface area contributed by atoms with Crippen LogP contribution in [0.1, 0.15) is 37.7 Å². The maximum Gasteiger partial charge on any atom is 0.304 e. The summed E-state index contributed by atoms with van der Waals surface area (Å²) in [5, 5.41) is 1.53. The number of fused-ring (bicyclic) bond motifs is 3. The lowest BCUT2D eigenvalue weighted by molar-refractivity contribution is -0.133. The van der Waals surface area contributed by atoms with Crippen LogP contribution in [0.3, 0.4) is 0 Å². The first-order valence-electron chi connectivity index (χ1n) is 11.9. The monoisotopic (exact) mass is 542 g/mol. The Morgan fingerprint density at radius 3 is 2.86 bits per heavy atom. The summed E-state index contributed by atoms with van der Waals surface area (Å²) >= 11 is 12.8. The number of ether oxygens (including phenoxy) is 1. The molecule has 1 unspecified atom stereocenters. The van der Waals surface area contributed by atoms with E-state index in [1.54, 1.807) is 25.4 Å². The fourth-order valence-corrected chi connectivity index (χ4v) is 7.42. The predicted octanol–water partition coefficient (Wildman–Crippen LogP) is 4.58. The Hall–Kier alpha value is -1.78. The van der Waals surface area contributed by atoms with Crippen LogP contribution in [0.2, 0.25) is 10.0 Å². The minimum atomic E-state index is -3.82. The van der Waals surface area contributed by atoms with E-state index in [1.807, 2.05) is 4.90 Å². The Kier molecular flexibility index (Phi) is 8.33. The third-order valence-corrected chi connectivity index (χ3v) is 9.15. The van der Waals surface area contributed by atoms with Crippen molar-refractivity contribution in [3.05, 3.63) is 40.5 Å². The predicted molar refractivity (Wildman–Crippen MR) is 140 cm³/mol. The molecule has 11 heteroatoms. The van der Waals surface area contributed by atoms with Crippen molar-refractivity contribution in [1.82, 2.24) is 14.2 Å². The van der Waals surface area contributed by atoms with Crippen molar-refractivity contribution >= 4 is 55.9 Å². The summed E-state index contributed by atoms with van der Waals surface area (Å²) < 4.78 is 35.4. The van der Waals surface area contributed by atoms with Crippen LogP contribution in [0.4, 0.5) is 5.69 Å². The Bertz CT molecular complexity index is 1200. The second kappa shape index (κ2) is 11.1.